The summed E-state index contributed by atoms with van der Waals surface area (Å²) < 4.78 is 4.65. The van der Waals surface area contributed by atoms with Crippen LogP contribution in [-0.2, 0) is 14.3 Å². The molecule has 0 spiro atoms. The van der Waals surface area contributed by atoms with E-state index >= 15 is 0 Å². The minimum absolute atomic E-state index is 0.0875. The molecule has 0 heterocycles. The molecule has 15 heavy (non-hydrogen) atoms. The van der Waals surface area contributed by atoms with Crippen molar-refractivity contribution in [2.24, 2.45) is 5.92 Å². The van der Waals surface area contributed by atoms with Crippen LogP contribution >= 0.6 is 11.8 Å². The summed E-state index contributed by atoms with van der Waals surface area (Å²) in [6, 6.07) is 0. The zero-order chi connectivity index (χ0) is 12.1. The lowest BCUT2D eigenvalue weighted by Gasteiger charge is -2.17. The van der Waals surface area contributed by atoms with E-state index in [1.54, 1.807) is 18.7 Å². The Labute approximate surface area is 95.9 Å². The Balaban J connectivity index is 3.89. The fourth-order valence-corrected chi connectivity index (χ4v) is 1.69. The molecule has 1 atom stereocenters. The van der Waals surface area contributed by atoms with Crippen LogP contribution in [0.4, 0.5) is 0 Å². The molecule has 0 aliphatic rings. The van der Waals surface area contributed by atoms with Crippen LogP contribution in [0.3, 0.4) is 0 Å². The number of carbonyl (C=O) groups excluding carboxylic acids is 2. The second-order valence-corrected chi connectivity index (χ2v) is 6.37. The fraction of sp³-hybridized carbons (Fsp3) is 0.818. The van der Waals surface area contributed by atoms with Crippen molar-refractivity contribution in [2.45, 2.75) is 38.9 Å². The number of ketones is 1. The summed E-state index contributed by atoms with van der Waals surface area (Å²) in [4.78, 5) is 22.6. The summed E-state index contributed by atoms with van der Waals surface area (Å²) in [5, 5.41) is 0. The van der Waals surface area contributed by atoms with Gasteiger partial charge in [0.25, 0.3) is 0 Å². The molecule has 3 nitrogen and oxygen atoms in total. The number of rotatable bonds is 5. The summed E-state index contributed by atoms with van der Waals surface area (Å²) in [6.45, 7) is 7.91. The van der Waals surface area contributed by atoms with Crippen molar-refractivity contribution in [1.29, 1.82) is 0 Å². The molecule has 1 unspecified atom stereocenters. The Hall–Kier alpha value is -0.510. The Kier molecular flexibility index (Phi) is 5.95. The number of Topliss-reactive ketones (excluding diaryl/α,β-unsaturated/α-hetero) is 1. The maximum Gasteiger partial charge on any atom is 0.308 e. The molecular formula is C11H20O3S. The molecule has 0 rings (SSSR count). The maximum absolute atomic E-state index is 11.5. The molecular weight excluding hydrogens is 212 g/mol. The average Bonchev–Trinajstić information content (AvgIpc) is 2.12. The van der Waals surface area contributed by atoms with E-state index in [0.717, 1.165) is 0 Å². The molecule has 88 valence electrons. The topological polar surface area (TPSA) is 43.4 Å². The number of ether oxygens (including phenoxy) is 1. The molecule has 0 amide bonds. The van der Waals surface area contributed by atoms with Crippen LogP contribution in [0.25, 0.3) is 0 Å². The molecule has 0 saturated carbocycles. The van der Waals surface area contributed by atoms with Crippen LogP contribution in [0.1, 0.15) is 34.1 Å². The highest BCUT2D eigenvalue weighted by molar-refractivity contribution is 8.01. The lowest BCUT2D eigenvalue weighted by atomic mass is 10.1. The summed E-state index contributed by atoms with van der Waals surface area (Å²) in [5.41, 5.74) is 0. The standard InChI is InChI=1S/C11H20O3S/c1-8(10(13)14-5)6-9(12)7-15-11(2,3)4/h8H,6-7H2,1-5H3. The third-order valence-electron chi connectivity index (χ3n) is 1.80. The number of hydrogen-bond acceptors (Lipinski definition) is 4. The van der Waals surface area contributed by atoms with Crippen LogP contribution in [0.5, 0.6) is 0 Å². The highest BCUT2D eigenvalue weighted by Crippen LogP contribution is 2.23. The SMILES string of the molecule is COC(=O)C(C)CC(=O)CSC(C)(C)C. The van der Waals surface area contributed by atoms with Crippen molar-refractivity contribution in [3.05, 3.63) is 0 Å². The zero-order valence-corrected chi connectivity index (χ0v) is 10.9. The number of carbonyl (C=O) groups is 2. The molecule has 0 fully saturated rings. The van der Waals surface area contributed by atoms with Gasteiger partial charge in [0.2, 0.25) is 0 Å². The third-order valence-corrected chi connectivity index (χ3v) is 3.14. The highest BCUT2D eigenvalue weighted by atomic mass is 32.2. The summed E-state index contributed by atoms with van der Waals surface area (Å²) in [6.07, 6.45) is 0.274. The molecule has 0 aromatic carbocycles. The van der Waals surface area contributed by atoms with E-state index in [-0.39, 0.29) is 28.8 Å². The van der Waals surface area contributed by atoms with Crippen LogP contribution in [0.2, 0.25) is 0 Å². The number of thioether (sulfide) groups is 1. The van der Waals surface area contributed by atoms with Crippen molar-refractivity contribution in [3.63, 3.8) is 0 Å². The Bertz CT molecular complexity index is 230. The largest absolute Gasteiger partial charge is 0.469 e. The zero-order valence-electron chi connectivity index (χ0n) is 10.1. The Morgan fingerprint density at radius 2 is 1.87 bits per heavy atom. The fourth-order valence-electron chi connectivity index (χ4n) is 0.982. The first-order valence-corrected chi connectivity index (χ1v) is 5.98. The monoisotopic (exact) mass is 232 g/mol. The van der Waals surface area contributed by atoms with Gasteiger partial charge in [0.1, 0.15) is 5.78 Å². The minimum atomic E-state index is -0.330. The molecule has 0 N–H and O–H groups in total. The van der Waals surface area contributed by atoms with E-state index in [1.807, 2.05) is 0 Å². The number of hydrogen-bond donors (Lipinski definition) is 0. The Morgan fingerprint density at radius 1 is 1.33 bits per heavy atom. The van der Waals surface area contributed by atoms with E-state index in [9.17, 15) is 9.59 Å². The van der Waals surface area contributed by atoms with Crippen LogP contribution in [-0.4, -0.2) is 29.4 Å². The smallest absolute Gasteiger partial charge is 0.308 e. The van der Waals surface area contributed by atoms with Gasteiger partial charge in [0.05, 0.1) is 18.8 Å². The van der Waals surface area contributed by atoms with E-state index in [2.05, 4.69) is 25.5 Å². The number of esters is 1. The van der Waals surface area contributed by atoms with Gasteiger partial charge in [-0.25, -0.2) is 0 Å². The first-order valence-electron chi connectivity index (χ1n) is 4.99. The molecule has 0 aliphatic heterocycles. The minimum Gasteiger partial charge on any atom is -0.469 e. The van der Waals surface area contributed by atoms with E-state index in [1.165, 1.54) is 7.11 Å². The molecule has 0 radical (unpaired) electrons. The second kappa shape index (κ2) is 6.16. The van der Waals surface area contributed by atoms with Gasteiger partial charge in [-0.3, -0.25) is 9.59 Å². The molecule has 0 aromatic heterocycles. The summed E-state index contributed by atoms with van der Waals surface area (Å²) in [7, 11) is 1.34. The Morgan fingerprint density at radius 3 is 2.27 bits per heavy atom. The summed E-state index contributed by atoms with van der Waals surface area (Å²) in [5.74, 6) is -0.0785. The van der Waals surface area contributed by atoms with Gasteiger partial charge in [0.15, 0.2) is 0 Å². The average molecular weight is 232 g/mol. The lowest BCUT2D eigenvalue weighted by Crippen LogP contribution is -2.19. The van der Waals surface area contributed by atoms with Gasteiger partial charge in [0, 0.05) is 11.2 Å². The van der Waals surface area contributed by atoms with Crippen molar-refractivity contribution in [2.75, 3.05) is 12.9 Å². The van der Waals surface area contributed by atoms with Crippen molar-refractivity contribution in [1.82, 2.24) is 0 Å². The summed E-state index contributed by atoms with van der Waals surface area (Å²) >= 11 is 1.60. The maximum atomic E-state index is 11.5. The lowest BCUT2D eigenvalue weighted by molar-refractivity contribution is -0.146. The van der Waals surface area contributed by atoms with E-state index in [4.69, 9.17) is 0 Å². The van der Waals surface area contributed by atoms with Crippen LogP contribution in [0.15, 0.2) is 0 Å². The molecule has 0 aromatic rings. The van der Waals surface area contributed by atoms with E-state index < -0.39 is 0 Å². The first kappa shape index (κ1) is 14.5. The van der Waals surface area contributed by atoms with Gasteiger partial charge in [-0.1, -0.05) is 27.7 Å². The van der Waals surface area contributed by atoms with Gasteiger partial charge < -0.3 is 4.74 Å². The number of methoxy groups -OCH3 is 1. The van der Waals surface area contributed by atoms with Gasteiger partial charge >= 0.3 is 5.97 Å². The molecule has 0 aliphatic carbocycles. The van der Waals surface area contributed by atoms with Crippen LogP contribution in [0, 0.1) is 5.92 Å². The van der Waals surface area contributed by atoms with Crippen molar-refractivity contribution >= 4 is 23.5 Å². The molecule has 4 heteroatoms. The van der Waals surface area contributed by atoms with Gasteiger partial charge in [-0.2, -0.15) is 0 Å². The predicted octanol–water partition coefficient (Wildman–Crippen LogP) is 2.29. The third kappa shape index (κ3) is 7.42. The van der Waals surface area contributed by atoms with Gasteiger partial charge in [-0.05, 0) is 0 Å². The predicted molar refractivity (Wildman–Crippen MR) is 63.0 cm³/mol. The molecule has 0 saturated heterocycles. The van der Waals surface area contributed by atoms with Crippen molar-refractivity contribution < 1.29 is 14.3 Å². The molecule has 0 bridgehead atoms. The quantitative estimate of drug-likeness (QED) is 0.682. The highest BCUT2D eigenvalue weighted by Gasteiger charge is 2.19. The van der Waals surface area contributed by atoms with E-state index in [0.29, 0.717) is 5.75 Å². The first-order chi connectivity index (χ1) is 6.76. The van der Waals surface area contributed by atoms with Gasteiger partial charge in [-0.15, -0.1) is 11.8 Å². The normalized spacial score (nSPS) is 13.4. The second-order valence-electron chi connectivity index (χ2n) is 4.57. The van der Waals surface area contributed by atoms with Crippen LogP contribution < -0.4 is 0 Å². The van der Waals surface area contributed by atoms with Crippen molar-refractivity contribution in [3.8, 4) is 0 Å².